The highest BCUT2D eigenvalue weighted by Gasteiger charge is 2.27. The number of fused-ring (bicyclic) bond motifs is 1. The highest BCUT2D eigenvalue weighted by molar-refractivity contribution is 5.82. The molecule has 6 heteroatoms. The molecule has 0 spiro atoms. The second kappa shape index (κ2) is 5.01. The fourth-order valence-electron chi connectivity index (χ4n) is 2.86. The molecule has 3 heterocycles. The Labute approximate surface area is 122 Å². The minimum atomic E-state index is -0.109. The van der Waals surface area contributed by atoms with Crippen LogP contribution >= 0.6 is 0 Å². The van der Waals surface area contributed by atoms with Gasteiger partial charge < -0.3 is 10.1 Å². The number of ether oxygens (including phenoxy) is 1. The fraction of sp³-hybridized carbons (Fsp3) is 0.533. The summed E-state index contributed by atoms with van der Waals surface area (Å²) in [5.41, 5.74) is 1.60. The molecule has 1 saturated carbocycles. The first-order valence-corrected chi connectivity index (χ1v) is 7.41. The van der Waals surface area contributed by atoms with Gasteiger partial charge in [0, 0.05) is 6.04 Å². The standard InChI is InChI=1S/C15H17N5O/c1-2-11-6-7-12(21-11)20-9-18-13-14(16-8-17-15(13)20)19-10-4-3-5-10/h1,8-12H,3-7H2,(H,16,17,19)/t11-,12+/m0/s1. The van der Waals surface area contributed by atoms with Crippen molar-refractivity contribution in [2.75, 3.05) is 5.32 Å². The number of nitrogens with zero attached hydrogens (tertiary/aromatic N) is 4. The zero-order chi connectivity index (χ0) is 14.2. The first kappa shape index (κ1) is 12.6. The van der Waals surface area contributed by atoms with E-state index < -0.39 is 0 Å². The molecule has 2 fully saturated rings. The molecule has 6 nitrogen and oxygen atoms in total. The second-order valence-electron chi connectivity index (χ2n) is 5.64. The van der Waals surface area contributed by atoms with Gasteiger partial charge in [0.1, 0.15) is 18.7 Å². The normalized spacial score (nSPS) is 25.7. The molecular weight excluding hydrogens is 266 g/mol. The van der Waals surface area contributed by atoms with Crippen molar-refractivity contribution in [2.24, 2.45) is 0 Å². The lowest BCUT2D eigenvalue weighted by Crippen LogP contribution is -2.27. The average Bonchev–Trinajstić information content (AvgIpc) is 3.08. The largest absolute Gasteiger partial charge is 0.365 e. The maximum absolute atomic E-state index is 5.82. The third kappa shape index (κ3) is 2.14. The van der Waals surface area contributed by atoms with Gasteiger partial charge in [0.25, 0.3) is 0 Å². The van der Waals surface area contributed by atoms with Gasteiger partial charge in [-0.25, -0.2) is 15.0 Å². The molecule has 0 amide bonds. The summed E-state index contributed by atoms with van der Waals surface area (Å²) in [7, 11) is 0. The molecule has 1 saturated heterocycles. The van der Waals surface area contributed by atoms with Gasteiger partial charge in [0.05, 0.1) is 6.33 Å². The molecule has 1 N–H and O–H groups in total. The third-order valence-electron chi connectivity index (χ3n) is 4.30. The van der Waals surface area contributed by atoms with E-state index in [1.165, 1.54) is 19.3 Å². The first-order chi connectivity index (χ1) is 10.3. The predicted octanol–water partition coefficient (Wildman–Crippen LogP) is 2.10. The van der Waals surface area contributed by atoms with E-state index in [0.717, 1.165) is 29.8 Å². The third-order valence-corrected chi connectivity index (χ3v) is 4.30. The molecule has 2 aromatic rings. The molecule has 1 aliphatic carbocycles. The lowest BCUT2D eigenvalue weighted by atomic mass is 9.93. The molecule has 2 aliphatic rings. The molecule has 4 rings (SSSR count). The SMILES string of the molecule is C#C[C@H]1CC[C@H](n2cnc3c(NC4CCC4)ncnc32)O1. The van der Waals surface area contributed by atoms with Crippen molar-refractivity contribution in [1.29, 1.82) is 0 Å². The molecule has 21 heavy (non-hydrogen) atoms. The van der Waals surface area contributed by atoms with Crippen molar-refractivity contribution in [3.05, 3.63) is 12.7 Å². The van der Waals surface area contributed by atoms with Crippen LogP contribution in [0.4, 0.5) is 5.82 Å². The molecule has 0 aromatic carbocycles. The number of imidazole rings is 1. The van der Waals surface area contributed by atoms with Crippen molar-refractivity contribution >= 4 is 17.0 Å². The van der Waals surface area contributed by atoms with Crippen LogP contribution in [0.25, 0.3) is 11.2 Å². The Morgan fingerprint density at radius 1 is 1.24 bits per heavy atom. The van der Waals surface area contributed by atoms with E-state index in [2.05, 4.69) is 26.2 Å². The van der Waals surface area contributed by atoms with E-state index in [0.29, 0.717) is 6.04 Å². The molecule has 1 aliphatic heterocycles. The summed E-state index contributed by atoms with van der Waals surface area (Å²) in [6, 6.07) is 0.516. The summed E-state index contributed by atoms with van der Waals surface area (Å²) in [4.78, 5) is 13.2. The summed E-state index contributed by atoms with van der Waals surface area (Å²) in [5, 5.41) is 3.45. The molecule has 0 unspecified atom stereocenters. The monoisotopic (exact) mass is 283 g/mol. The average molecular weight is 283 g/mol. The number of nitrogens with one attached hydrogen (secondary N) is 1. The van der Waals surface area contributed by atoms with Crippen LogP contribution in [0, 0.1) is 12.3 Å². The molecule has 0 bridgehead atoms. The smallest absolute Gasteiger partial charge is 0.167 e. The highest BCUT2D eigenvalue weighted by atomic mass is 16.5. The summed E-state index contributed by atoms with van der Waals surface area (Å²) < 4.78 is 7.78. The van der Waals surface area contributed by atoms with Gasteiger partial charge in [-0.05, 0) is 32.1 Å². The molecule has 2 atom stereocenters. The van der Waals surface area contributed by atoms with Gasteiger partial charge in [-0.15, -0.1) is 6.42 Å². The van der Waals surface area contributed by atoms with E-state index in [4.69, 9.17) is 11.2 Å². The Bertz CT molecular complexity index is 700. The molecule has 2 aromatic heterocycles. The summed E-state index contributed by atoms with van der Waals surface area (Å²) >= 11 is 0. The number of terminal acetylenes is 1. The van der Waals surface area contributed by atoms with Crippen molar-refractivity contribution in [3.8, 4) is 12.3 Å². The topological polar surface area (TPSA) is 64.9 Å². The quantitative estimate of drug-likeness (QED) is 0.874. The Kier molecular flexibility index (Phi) is 3.00. The van der Waals surface area contributed by atoms with Crippen LogP contribution in [-0.2, 0) is 4.74 Å². The maximum atomic E-state index is 5.82. The van der Waals surface area contributed by atoms with Crippen LogP contribution in [-0.4, -0.2) is 31.7 Å². The number of anilines is 1. The van der Waals surface area contributed by atoms with Gasteiger partial charge in [-0.2, -0.15) is 0 Å². The van der Waals surface area contributed by atoms with Crippen molar-refractivity contribution in [1.82, 2.24) is 19.5 Å². The van der Waals surface area contributed by atoms with E-state index >= 15 is 0 Å². The number of rotatable bonds is 3. The Hall–Kier alpha value is -2.13. The lowest BCUT2D eigenvalue weighted by Gasteiger charge is -2.26. The predicted molar refractivity (Wildman–Crippen MR) is 78.6 cm³/mol. The van der Waals surface area contributed by atoms with Crippen LogP contribution in [0.15, 0.2) is 12.7 Å². The Morgan fingerprint density at radius 2 is 2.14 bits per heavy atom. The summed E-state index contributed by atoms with van der Waals surface area (Å²) in [6.45, 7) is 0. The Balaban J connectivity index is 1.65. The van der Waals surface area contributed by atoms with Crippen molar-refractivity contribution in [3.63, 3.8) is 0 Å². The van der Waals surface area contributed by atoms with Gasteiger partial charge in [0.2, 0.25) is 0 Å². The van der Waals surface area contributed by atoms with Crippen LogP contribution in [0.1, 0.15) is 38.3 Å². The molecule has 0 radical (unpaired) electrons. The number of hydrogen-bond acceptors (Lipinski definition) is 5. The minimum absolute atomic E-state index is 0.0810. The summed E-state index contributed by atoms with van der Waals surface area (Å²) in [6.07, 6.45) is 14.0. The van der Waals surface area contributed by atoms with Gasteiger partial charge in [0.15, 0.2) is 17.0 Å². The van der Waals surface area contributed by atoms with Crippen molar-refractivity contribution < 1.29 is 4.74 Å². The minimum Gasteiger partial charge on any atom is -0.365 e. The van der Waals surface area contributed by atoms with Gasteiger partial charge >= 0.3 is 0 Å². The van der Waals surface area contributed by atoms with Gasteiger partial charge in [-0.3, -0.25) is 4.57 Å². The van der Waals surface area contributed by atoms with Crippen LogP contribution in [0.5, 0.6) is 0 Å². The van der Waals surface area contributed by atoms with E-state index in [-0.39, 0.29) is 12.3 Å². The lowest BCUT2D eigenvalue weighted by molar-refractivity contribution is 0.0300. The van der Waals surface area contributed by atoms with E-state index in [9.17, 15) is 0 Å². The van der Waals surface area contributed by atoms with Crippen molar-refractivity contribution in [2.45, 2.75) is 50.5 Å². The second-order valence-corrected chi connectivity index (χ2v) is 5.64. The van der Waals surface area contributed by atoms with E-state index in [1.807, 2.05) is 4.57 Å². The molecule has 108 valence electrons. The number of hydrogen-bond donors (Lipinski definition) is 1. The zero-order valence-corrected chi connectivity index (χ0v) is 11.7. The van der Waals surface area contributed by atoms with E-state index in [1.54, 1.807) is 12.7 Å². The summed E-state index contributed by atoms with van der Waals surface area (Å²) in [5.74, 6) is 3.47. The van der Waals surface area contributed by atoms with Gasteiger partial charge in [-0.1, -0.05) is 5.92 Å². The number of aromatic nitrogens is 4. The maximum Gasteiger partial charge on any atom is 0.167 e. The highest BCUT2D eigenvalue weighted by Crippen LogP contribution is 2.31. The fourth-order valence-corrected chi connectivity index (χ4v) is 2.86. The molecular formula is C15H17N5O. The Morgan fingerprint density at radius 3 is 2.86 bits per heavy atom. The first-order valence-electron chi connectivity index (χ1n) is 7.41. The zero-order valence-electron chi connectivity index (χ0n) is 11.7. The van der Waals surface area contributed by atoms with Crippen LogP contribution < -0.4 is 5.32 Å². The van der Waals surface area contributed by atoms with Crippen LogP contribution in [0.3, 0.4) is 0 Å². The van der Waals surface area contributed by atoms with Crippen LogP contribution in [0.2, 0.25) is 0 Å².